The number of benzene rings is 1. The molecule has 0 amide bonds. The maximum Gasteiger partial charge on any atom is 0.134 e. The number of furan rings is 1. The molecule has 1 aromatic heterocycles. The molecule has 0 radical (unpaired) electrons. The molecule has 1 N–H and O–H groups in total. The molecule has 19 heavy (non-hydrogen) atoms. The summed E-state index contributed by atoms with van der Waals surface area (Å²) in [7, 11) is 0. The molecular weight excluding hydrogens is 234 g/mol. The van der Waals surface area contributed by atoms with Gasteiger partial charge < -0.3 is 9.73 Å². The Bertz CT molecular complexity index is 504. The Hall–Kier alpha value is -1.28. The van der Waals surface area contributed by atoms with Gasteiger partial charge in [0.2, 0.25) is 0 Å². The summed E-state index contributed by atoms with van der Waals surface area (Å²) in [6.45, 7) is 4.35. The molecule has 1 fully saturated rings. The van der Waals surface area contributed by atoms with Gasteiger partial charge in [-0.2, -0.15) is 0 Å². The van der Waals surface area contributed by atoms with Crippen LogP contribution in [0.2, 0.25) is 0 Å². The van der Waals surface area contributed by atoms with Crippen molar-refractivity contribution < 1.29 is 4.42 Å². The van der Waals surface area contributed by atoms with Gasteiger partial charge >= 0.3 is 0 Å². The number of nitrogens with one attached hydrogen (secondary N) is 1. The highest BCUT2D eigenvalue weighted by molar-refractivity contribution is 5.77. The van der Waals surface area contributed by atoms with Gasteiger partial charge in [0.1, 0.15) is 11.3 Å². The standard InChI is InChI=1S/C17H23NO/c1-17(9-5-2-6-10-17)13-18-12-15-11-14-7-3-4-8-16(14)19-15/h3-4,7-8,11,18H,2,5-6,9-10,12-13H2,1H3. The normalized spacial score (nSPS) is 18.8. The van der Waals surface area contributed by atoms with Gasteiger partial charge in [-0.15, -0.1) is 0 Å². The molecule has 0 unspecified atom stereocenters. The van der Waals surface area contributed by atoms with Crippen molar-refractivity contribution in [3.8, 4) is 0 Å². The van der Waals surface area contributed by atoms with Gasteiger partial charge in [0.05, 0.1) is 6.54 Å². The van der Waals surface area contributed by atoms with Gasteiger partial charge in [-0.1, -0.05) is 44.4 Å². The van der Waals surface area contributed by atoms with E-state index < -0.39 is 0 Å². The predicted octanol–water partition coefficient (Wildman–Crippen LogP) is 4.49. The Labute approximate surface area is 115 Å². The first-order chi connectivity index (χ1) is 9.25. The molecule has 1 saturated carbocycles. The highest BCUT2D eigenvalue weighted by Gasteiger charge is 2.26. The van der Waals surface area contributed by atoms with Crippen molar-refractivity contribution in [2.24, 2.45) is 5.41 Å². The number of hydrogen-bond acceptors (Lipinski definition) is 2. The minimum absolute atomic E-state index is 0.490. The molecule has 1 aromatic carbocycles. The molecule has 0 atom stereocenters. The van der Waals surface area contributed by atoms with Crippen molar-refractivity contribution >= 4 is 11.0 Å². The summed E-state index contributed by atoms with van der Waals surface area (Å²) in [6.07, 6.45) is 6.92. The van der Waals surface area contributed by atoms with Gasteiger partial charge in [0, 0.05) is 11.9 Å². The van der Waals surface area contributed by atoms with Crippen LogP contribution in [-0.4, -0.2) is 6.54 Å². The fraction of sp³-hybridized carbons (Fsp3) is 0.529. The van der Waals surface area contributed by atoms with Crippen molar-refractivity contribution in [1.29, 1.82) is 0 Å². The lowest BCUT2D eigenvalue weighted by atomic mass is 9.76. The maximum atomic E-state index is 5.83. The average Bonchev–Trinajstić information content (AvgIpc) is 2.82. The first kappa shape index (κ1) is 12.7. The van der Waals surface area contributed by atoms with E-state index in [1.165, 1.54) is 37.5 Å². The molecule has 1 aliphatic carbocycles. The molecular formula is C17H23NO. The Morgan fingerprint density at radius 3 is 2.74 bits per heavy atom. The van der Waals surface area contributed by atoms with Crippen molar-refractivity contribution in [1.82, 2.24) is 5.32 Å². The van der Waals surface area contributed by atoms with E-state index in [1.54, 1.807) is 0 Å². The molecule has 2 nitrogen and oxygen atoms in total. The second-order valence-electron chi connectivity index (χ2n) is 6.23. The SMILES string of the molecule is CC1(CNCc2cc3ccccc3o2)CCCCC1. The minimum atomic E-state index is 0.490. The Morgan fingerprint density at radius 2 is 1.95 bits per heavy atom. The van der Waals surface area contributed by atoms with E-state index in [4.69, 9.17) is 4.42 Å². The smallest absolute Gasteiger partial charge is 0.134 e. The van der Waals surface area contributed by atoms with Crippen LogP contribution in [0.3, 0.4) is 0 Å². The number of rotatable bonds is 4. The van der Waals surface area contributed by atoms with Gasteiger partial charge in [-0.25, -0.2) is 0 Å². The lowest BCUT2D eigenvalue weighted by Crippen LogP contribution is -2.33. The third kappa shape index (κ3) is 3.01. The van der Waals surface area contributed by atoms with Crippen LogP contribution in [0, 0.1) is 5.41 Å². The number of fused-ring (bicyclic) bond motifs is 1. The minimum Gasteiger partial charge on any atom is -0.460 e. The zero-order chi connectivity index (χ0) is 13.1. The third-order valence-electron chi connectivity index (χ3n) is 4.39. The van der Waals surface area contributed by atoms with Crippen molar-refractivity contribution in [2.45, 2.75) is 45.6 Å². The van der Waals surface area contributed by atoms with Gasteiger partial charge in [0.15, 0.2) is 0 Å². The summed E-state index contributed by atoms with van der Waals surface area (Å²) in [6, 6.07) is 10.3. The fourth-order valence-electron chi connectivity index (χ4n) is 3.19. The summed E-state index contributed by atoms with van der Waals surface area (Å²) < 4.78 is 5.83. The Morgan fingerprint density at radius 1 is 1.16 bits per heavy atom. The molecule has 102 valence electrons. The molecule has 0 aliphatic heterocycles. The summed E-state index contributed by atoms with van der Waals surface area (Å²) in [5, 5.41) is 4.78. The molecule has 2 aromatic rings. The van der Waals surface area contributed by atoms with Gasteiger partial charge in [-0.3, -0.25) is 0 Å². The fourth-order valence-corrected chi connectivity index (χ4v) is 3.19. The van der Waals surface area contributed by atoms with Crippen LogP contribution in [0.15, 0.2) is 34.7 Å². The van der Waals surface area contributed by atoms with Gasteiger partial charge in [0.25, 0.3) is 0 Å². The van der Waals surface area contributed by atoms with E-state index in [2.05, 4.69) is 30.4 Å². The summed E-state index contributed by atoms with van der Waals surface area (Å²) in [5.74, 6) is 1.04. The van der Waals surface area contributed by atoms with Crippen LogP contribution in [0.5, 0.6) is 0 Å². The quantitative estimate of drug-likeness (QED) is 0.872. The summed E-state index contributed by atoms with van der Waals surface area (Å²) in [5.41, 5.74) is 1.48. The topological polar surface area (TPSA) is 25.2 Å². The van der Waals surface area contributed by atoms with Crippen molar-refractivity contribution in [2.75, 3.05) is 6.54 Å². The van der Waals surface area contributed by atoms with E-state index in [0.29, 0.717) is 5.41 Å². The highest BCUT2D eigenvalue weighted by Crippen LogP contribution is 2.35. The molecule has 1 aliphatic rings. The Kier molecular flexibility index (Phi) is 3.61. The van der Waals surface area contributed by atoms with Crippen molar-refractivity contribution in [3.05, 3.63) is 36.1 Å². The average molecular weight is 257 g/mol. The van der Waals surface area contributed by atoms with E-state index in [1.807, 2.05) is 12.1 Å². The van der Waals surface area contributed by atoms with Crippen LogP contribution in [0.1, 0.15) is 44.8 Å². The zero-order valence-corrected chi connectivity index (χ0v) is 11.7. The monoisotopic (exact) mass is 257 g/mol. The molecule has 0 bridgehead atoms. The lowest BCUT2D eigenvalue weighted by Gasteiger charge is -2.33. The van der Waals surface area contributed by atoms with Crippen LogP contribution in [0.25, 0.3) is 11.0 Å². The predicted molar refractivity (Wildman–Crippen MR) is 79.1 cm³/mol. The van der Waals surface area contributed by atoms with Gasteiger partial charge in [-0.05, 0) is 30.4 Å². The molecule has 2 heteroatoms. The van der Waals surface area contributed by atoms with Crippen LogP contribution >= 0.6 is 0 Å². The molecule has 1 heterocycles. The van der Waals surface area contributed by atoms with E-state index >= 15 is 0 Å². The highest BCUT2D eigenvalue weighted by atomic mass is 16.3. The first-order valence-corrected chi connectivity index (χ1v) is 7.43. The zero-order valence-electron chi connectivity index (χ0n) is 11.7. The largest absolute Gasteiger partial charge is 0.460 e. The van der Waals surface area contributed by atoms with E-state index in [0.717, 1.165) is 24.4 Å². The summed E-state index contributed by atoms with van der Waals surface area (Å²) in [4.78, 5) is 0. The molecule has 0 saturated heterocycles. The van der Waals surface area contributed by atoms with Crippen molar-refractivity contribution in [3.63, 3.8) is 0 Å². The lowest BCUT2D eigenvalue weighted by molar-refractivity contribution is 0.206. The Balaban J connectivity index is 1.57. The number of para-hydroxylation sites is 1. The molecule has 0 spiro atoms. The van der Waals surface area contributed by atoms with E-state index in [9.17, 15) is 0 Å². The first-order valence-electron chi connectivity index (χ1n) is 7.43. The summed E-state index contributed by atoms with van der Waals surface area (Å²) >= 11 is 0. The van der Waals surface area contributed by atoms with Crippen LogP contribution in [0.4, 0.5) is 0 Å². The maximum absolute atomic E-state index is 5.83. The van der Waals surface area contributed by atoms with E-state index in [-0.39, 0.29) is 0 Å². The van der Waals surface area contributed by atoms with Crippen LogP contribution in [-0.2, 0) is 6.54 Å². The number of hydrogen-bond donors (Lipinski definition) is 1. The second-order valence-corrected chi connectivity index (χ2v) is 6.23. The third-order valence-corrected chi connectivity index (χ3v) is 4.39. The molecule has 3 rings (SSSR count). The second kappa shape index (κ2) is 5.38. The van der Waals surface area contributed by atoms with Crippen LogP contribution < -0.4 is 5.32 Å².